The molecule has 0 bridgehead atoms. The zero-order valence-corrected chi connectivity index (χ0v) is 10.2. The minimum absolute atomic E-state index is 0.126. The van der Waals surface area contributed by atoms with E-state index in [2.05, 4.69) is 18.0 Å². The number of rotatable bonds is 3. The van der Waals surface area contributed by atoms with Crippen LogP contribution in [0.3, 0.4) is 0 Å². The molecule has 0 aliphatic heterocycles. The van der Waals surface area contributed by atoms with Crippen LogP contribution in [0.25, 0.3) is 5.57 Å². The Morgan fingerprint density at radius 3 is 2.67 bits per heavy atom. The average molecular weight is 245 g/mol. The van der Waals surface area contributed by atoms with Crippen LogP contribution < -0.4 is 5.32 Å². The summed E-state index contributed by atoms with van der Waals surface area (Å²) in [6, 6.07) is 6.72. The van der Waals surface area contributed by atoms with Crippen molar-refractivity contribution in [3.63, 3.8) is 0 Å². The molecule has 1 aliphatic rings. The highest BCUT2D eigenvalue weighted by Crippen LogP contribution is 2.27. The first-order valence-corrected chi connectivity index (χ1v) is 6.07. The third-order valence-electron chi connectivity index (χ3n) is 3.16. The predicted octanol–water partition coefficient (Wildman–Crippen LogP) is 3.06. The number of halogens is 1. The molecule has 2 rings (SSSR count). The van der Waals surface area contributed by atoms with Crippen molar-refractivity contribution in [1.82, 2.24) is 5.32 Å². The van der Waals surface area contributed by atoms with Crippen molar-refractivity contribution >= 4 is 11.5 Å². The molecule has 0 fully saturated rings. The van der Waals surface area contributed by atoms with Gasteiger partial charge in [-0.2, -0.15) is 0 Å². The smallest absolute Gasteiger partial charge is 0.243 e. The van der Waals surface area contributed by atoms with Crippen molar-refractivity contribution < 1.29 is 9.18 Å². The summed E-state index contributed by atoms with van der Waals surface area (Å²) in [6.45, 7) is 3.43. The molecule has 0 saturated carbocycles. The summed E-state index contributed by atoms with van der Waals surface area (Å²) in [4.78, 5) is 11.2. The number of carbonyl (C=O) groups is 1. The van der Waals surface area contributed by atoms with E-state index >= 15 is 0 Å². The molecule has 1 amide bonds. The summed E-state index contributed by atoms with van der Waals surface area (Å²) >= 11 is 0. The Morgan fingerprint density at radius 2 is 2.11 bits per heavy atom. The molecular weight excluding hydrogens is 229 g/mol. The lowest BCUT2D eigenvalue weighted by molar-refractivity contribution is -0.117. The maximum Gasteiger partial charge on any atom is 0.243 e. The number of hydrogen-bond acceptors (Lipinski definition) is 1. The predicted molar refractivity (Wildman–Crippen MR) is 70.4 cm³/mol. The average Bonchev–Trinajstić information content (AvgIpc) is 2.40. The van der Waals surface area contributed by atoms with Crippen LogP contribution in [0.5, 0.6) is 0 Å². The van der Waals surface area contributed by atoms with Gasteiger partial charge in [0, 0.05) is 6.04 Å². The molecule has 0 spiro atoms. The van der Waals surface area contributed by atoms with Gasteiger partial charge in [-0.05, 0) is 48.6 Å². The Hall–Kier alpha value is -1.90. The van der Waals surface area contributed by atoms with Gasteiger partial charge in [-0.25, -0.2) is 4.39 Å². The molecule has 94 valence electrons. The van der Waals surface area contributed by atoms with E-state index in [4.69, 9.17) is 0 Å². The molecule has 0 radical (unpaired) electrons. The number of amides is 1. The molecule has 2 nitrogen and oxygen atoms in total. The number of allylic oxidation sites excluding steroid dienone is 1. The third kappa shape index (κ3) is 3.06. The number of nitrogens with one attached hydrogen (secondary N) is 1. The van der Waals surface area contributed by atoms with Crippen LogP contribution in [0, 0.1) is 5.82 Å². The lowest BCUT2D eigenvalue weighted by Gasteiger charge is -2.22. The monoisotopic (exact) mass is 245 g/mol. The minimum Gasteiger partial charge on any atom is -0.350 e. The lowest BCUT2D eigenvalue weighted by atomic mass is 9.91. The van der Waals surface area contributed by atoms with Crippen molar-refractivity contribution in [2.24, 2.45) is 0 Å². The van der Waals surface area contributed by atoms with E-state index in [0.717, 1.165) is 24.8 Å². The van der Waals surface area contributed by atoms with Gasteiger partial charge in [0.25, 0.3) is 0 Å². The first kappa shape index (κ1) is 12.6. The SMILES string of the molecule is C=CC(=O)NC1CC=C(c2ccc(F)cc2)CC1. The summed E-state index contributed by atoms with van der Waals surface area (Å²) in [5.74, 6) is -0.343. The van der Waals surface area contributed by atoms with Crippen LogP contribution in [0.2, 0.25) is 0 Å². The van der Waals surface area contributed by atoms with Crippen LogP contribution in [-0.2, 0) is 4.79 Å². The van der Waals surface area contributed by atoms with E-state index in [-0.39, 0.29) is 17.8 Å². The van der Waals surface area contributed by atoms with E-state index in [9.17, 15) is 9.18 Å². The number of benzene rings is 1. The first-order valence-electron chi connectivity index (χ1n) is 6.07. The van der Waals surface area contributed by atoms with E-state index in [0.29, 0.717) is 0 Å². The van der Waals surface area contributed by atoms with Crippen LogP contribution in [0.4, 0.5) is 4.39 Å². The van der Waals surface area contributed by atoms with Crippen molar-refractivity contribution in [2.75, 3.05) is 0 Å². The van der Waals surface area contributed by atoms with Gasteiger partial charge in [0.05, 0.1) is 0 Å². The zero-order chi connectivity index (χ0) is 13.0. The van der Waals surface area contributed by atoms with Crippen LogP contribution >= 0.6 is 0 Å². The largest absolute Gasteiger partial charge is 0.350 e. The molecule has 18 heavy (non-hydrogen) atoms. The molecule has 0 heterocycles. The van der Waals surface area contributed by atoms with Gasteiger partial charge in [0.2, 0.25) is 5.91 Å². The maximum atomic E-state index is 12.8. The Balaban J connectivity index is 2.00. The van der Waals surface area contributed by atoms with Crippen LogP contribution in [0.1, 0.15) is 24.8 Å². The van der Waals surface area contributed by atoms with E-state index in [1.807, 2.05) is 0 Å². The van der Waals surface area contributed by atoms with E-state index in [1.54, 1.807) is 12.1 Å². The molecular formula is C15H16FNO. The van der Waals surface area contributed by atoms with Gasteiger partial charge >= 0.3 is 0 Å². The summed E-state index contributed by atoms with van der Waals surface area (Å²) < 4.78 is 12.8. The Morgan fingerprint density at radius 1 is 1.39 bits per heavy atom. The van der Waals surface area contributed by atoms with Crippen molar-refractivity contribution in [1.29, 1.82) is 0 Å². The van der Waals surface area contributed by atoms with E-state index < -0.39 is 0 Å². The molecule has 1 aliphatic carbocycles. The van der Waals surface area contributed by atoms with Crippen LogP contribution in [-0.4, -0.2) is 11.9 Å². The van der Waals surface area contributed by atoms with Crippen LogP contribution in [0.15, 0.2) is 43.0 Å². The Labute approximate surface area is 106 Å². The molecule has 1 aromatic rings. The van der Waals surface area contributed by atoms with E-state index in [1.165, 1.54) is 23.8 Å². The quantitative estimate of drug-likeness (QED) is 0.815. The lowest BCUT2D eigenvalue weighted by Crippen LogP contribution is -2.34. The second-order valence-electron chi connectivity index (χ2n) is 4.42. The fraction of sp³-hybridized carbons (Fsp3) is 0.267. The topological polar surface area (TPSA) is 29.1 Å². The van der Waals surface area contributed by atoms with Gasteiger partial charge in [-0.1, -0.05) is 24.8 Å². The Bertz CT molecular complexity index is 476. The molecule has 1 unspecified atom stereocenters. The molecule has 0 saturated heterocycles. The molecule has 0 aromatic heterocycles. The fourth-order valence-electron chi connectivity index (χ4n) is 2.15. The van der Waals surface area contributed by atoms with Gasteiger partial charge < -0.3 is 5.32 Å². The third-order valence-corrected chi connectivity index (χ3v) is 3.16. The second kappa shape index (κ2) is 5.63. The normalized spacial score (nSPS) is 18.9. The molecule has 1 aromatic carbocycles. The fourth-order valence-corrected chi connectivity index (χ4v) is 2.15. The molecule has 1 atom stereocenters. The first-order chi connectivity index (χ1) is 8.69. The van der Waals surface area contributed by atoms with Gasteiger partial charge in [-0.3, -0.25) is 4.79 Å². The van der Waals surface area contributed by atoms with Crippen molar-refractivity contribution in [2.45, 2.75) is 25.3 Å². The number of carbonyl (C=O) groups excluding carboxylic acids is 1. The number of hydrogen-bond donors (Lipinski definition) is 1. The maximum absolute atomic E-state index is 12.8. The summed E-state index contributed by atoms with van der Waals surface area (Å²) in [5, 5.41) is 2.89. The minimum atomic E-state index is -0.216. The van der Waals surface area contributed by atoms with Crippen molar-refractivity contribution in [3.8, 4) is 0 Å². The summed E-state index contributed by atoms with van der Waals surface area (Å²) in [7, 11) is 0. The molecule has 1 N–H and O–H groups in total. The zero-order valence-electron chi connectivity index (χ0n) is 10.2. The highest BCUT2D eigenvalue weighted by molar-refractivity contribution is 5.87. The van der Waals surface area contributed by atoms with Gasteiger partial charge in [0.15, 0.2) is 0 Å². The highest BCUT2D eigenvalue weighted by Gasteiger charge is 2.16. The molecule has 3 heteroatoms. The second-order valence-corrected chi connectivity index (χ2v) is 4.42. The summed E-state index contributed by atoms with van der Waals surface area (Å²) in [5.41, 5.74) is 2.28. The van der Waals surface area contributed by atoms with Crippen molar-refractivity contribution in [3.05, 3.63) is 54.4 Å². The van der Waals surface area contributed by atoms with Gasteiger partial charge in [-0.15, -0.1) is 0 Å². The van der Waals surface area contributed by atoms with Gasteiger partial charge in [0.1, 0.15) is 5.82 Å². The summed E-state index contributed by atoms with van der Waals surface area (Å²) in [6.07, 6.45) is 6.02. The highest BCUT2D eigenvalue weighted by atomic mass is 19.1. The standard InChI is InChI=1S/C15H16FNO/c1-2-15(18)17-14-9-5-12(6-10-14)11-3-7-13(16)8-4-11/h2-5,7-8,14H,1,6,9-10H2,(H,17,18). The Kier molecular flexibility index (Phi) is 3.92.